The molecule has 1 aromatic rings. The Morgan fingerprint density at radius 1 is 1.61 bits per heavy atom. The molecule has 0 spiro atoms. The molecule has 5 heteroatoms. The van der Waals surface area contributed by atoms with Gasteiger partial charge < -0.3 is 19.9 Å². The van der Waals surface area contributed by atoms with Gasteiger partial charge in [0.15, 0.2) is 11.5 Å². The Hall–Kier alpha value is -1.75. The number of methoxy groups -OCH3 is 1. The second kappa shape index (κ2) is 5.73. The minimum absolute atomic E-state index is 0.0135. The summed E-state index contributed by atoms with van der Waals surface area (Å²) in [6.45, 7) is 1.59. The molecule has 1 atom stereocenters. The normalized spacial score (nSPS) is 18.6. The number of amides is 1. The van der Waals surface area contributed by atoms with Crippen LogP contribution in [0, 0.1) is 5.92 Å². The van der Waals surface area contributed by atoms with Crippen molar-refractivity contribution in [2.24, 2.45) is 5.92 Å². The van der Waals surface area contributed by atoms with Crippen LogP contribution >= 0.6 is 0 Å². The average Bonchev–Trinajstić information content (AvgIpc) is 2.91. The molecule has 1 saturated heterocycles. The maximum atomic E-state index is 11.8. The quantitative estimate of drug-likeness (QED) is 0.839. The van der Waals surface area contributed by atoms with Crippen LogP contribution in [0.15, 0.2) is 18.2 Å². The lowest BCUT2D eigenvalue weighted by atomic mass is 10.1. The number of hydrogen-bond donors (Lipinski definition) is 2. The van der Waals surface area contributed by atoms with E-state index in [9.17, 15) is 9.90 Å². The van der Waals surface area contributed by atoms with Crippen molar-refractivity contribution in [3.8, 4) is 11.5 Å². The highest BCUT2D eigenvalue weighted by atomic mass is 16.5. The van der Waals surface area contributed by atoms with Crippen molar-refractivity contribution >= 4 is 5.91 Å². The van der Waals surface area contributed by atoms with Gasteiger partial charge in [-0.2, -0.15) is 0 Å². The van der Waals surface area contributed by atoms with Crippen LogP contribution in [0.3, 0.4) is 0 Å². The topological polar surface area (TPSA) is 67.8 Å². The van der Waals surface area contributed by atoms with Crippen LogP contribution in [0.2, 0.25) is 0 Å². The molecule has 18 heavy (non-hydrogen) atoms. The zero-order valence-corrected chi connectivity index (χ0v) is 10.3. The lowest BCUT2D eigenvalue weighted by Crippen LogP contribution is -2.30. The third kappa shape index (κ3) is 2.92. The predicted molar refractivity (Wildman–Crippen MR) is 65.4 cm³/mol. The van der Waals surface area contributed by atoms with Crippen LogP contribution in [-0.2, 0) is 16.1 Å². The van der Waals surface area contributed by atoms with Crippen molar-refractivity contribution in [1.82, 2.24) is 5.32 Å². The van der Waals surface area contributed by atoms with Crippen LogP contribution in [0.25, 0.3) is 0 Å². The van der Waals surface area contributed by atoms with Crippen LogP contribution in [0.5, 0.6) is 11.5 Å². The highest BCUT2D eigenvalue weighted by Gasteiger charge is 2.22. The summed E-state index contributed by atoms with van der Waals surface area (Å²) >= 11 is 0. The number of rotatable bonds is 4. The largest absolute Gasteiger partial charge is 0.504 e. The summed E-state index contributed by atoms with van der Waals surface area (Å²) < 4.78 is 10.2. The highest BCUT2D eigenvalue weighted by Crippen LogP contribution is 2.26. The zero-order valence-electron chi connectivity index (χ0n) is 10.3. The Morgan fingerprint density at radius 2 is 2.44 bits per heavy atom. The standard InChI is InChI=1S/C13H17NO4/c1-17-12-6-9(2-3-11(12)15)7-14-13(16)10-4-5-18-8-10/h2-3,6,10,15H,4-5,7-8H2,1H3,(H,14,16). The van der Waals surface area contributed by atoms with E-state index in [2.05, 4.69) is 5.32 Å². The summed E-state index contributed by atoms with van der Waals surface area (Å²) in [5.41, 5.74) is 0.886. The number of ether oxygens (including phenoxy) is 2. The first-order valence-corrected chi connectivity index (χ1v) is 5.92. The molecule has 0 bridgehead atoms. The molecular weight excluding hydrogens is 234 g/mol. The Labute approximate surface area is 106 Å². The van der Waals surface area contributed by atoms with E-state index in [0.717, 1.165) is 12.0 Å². The maximum absolute atomic E-state index is 11.8. The number of carbonyl (C=O) groups is 1. The van der Waals surface area contributed by atoms with Crippen LogP contribution < -0.4 is 10.1 Å². The molecule has 0 aromatic heterocycles. The molecule has 2 N–H and O–H groups in total. The van der Waals surface area contributed by atoms with Crippen molar-refractivity contribution in [1.29, 1.82) is 0 Å². The van der Waals surface area contributed by atoms with E-state index in [0.29, 0.717) is 25.5 Å². The molecular formula is C13H17NO4. The summed E-state index contributed by atoms with van der Waals surface area (Å²) in [4.78, 5) is 11.8. The summed E-state index contributed by atoms with van der Waals surface area (Å²) in [5, 5.41) is 12.3. The van der Waals surface area contributed by atoms with Crippen molar-refractivity contribution in [2.75, 3.05) is 20.3 Å². The Bertz CT molecular complexity index is 427. The fourth-order valence-electron chi connectivity index (χ4n) is 1.91. The van der Waals surface area contributed by atoms with Crippen molar-refractivity contribution in [2.45, 2.75) is 13.0 Å². The zero-order chi connectivity index (χ0) is 13.0. The van der Waals surface area contributed by atoms with Crippen molar-refractivity contribution < 1.29 is 19.4 Å². The van der Waals surface area contributed by atoms with E-state index in [1.807, 2.05) is 0 Å². The maximum Gasteiger partial charge on any atom is 0.225 e. The third-order valence-corrected chi connectivity index (χ3v) is 3.01. The molecule has 0 radical (unpaired) electrons. The van der Waals surface area contributed by atoms with E-state index in [-0.39, 0.29) is 17.6 Å². The number of hydrogen-bond acceptors (Lipinski definition) is 4. The van der Waals surface area contributed by atoms with Crippen LogP contribution in [0.1, 0.15) is 12.0 Å². The fraction of sp³-hybridized carbons (Fsp3) is 0.462. The first-order chi connectivity index (χ1) is 8.70. The van der Waals surface area contributed by atoms with Crippen molar-refractivity contribution in [3.05, 3.63) is 23.8 Å². The van der Waals surface area contributed by atoms with Gasteiger partial charge in [0.1, 0.15) is 0 Å². The van der Waals surface area contributed by atoms with Gasteiger partial charge in [0.25, 0.3) is 0 Å². The molecule has 98 valence electrons. The predicted octanol–water partition coefficient (Wildman–Crippen LogP) is 1.05. The number of phenols is 1. The lowest BCUT2D eigenvalue weighted by molar-refractivity contribution is -0.125. The van der Waals surface area contributed by atoms with Gasteiger partial charge in [-0.15, -0.1) is 0 Å². The molecule has 1 amide bonds. The molecule has 5 nitrogen and oxygen atoms in total. The molecule has 1 aliphatic heterocycles. The molecule has 0 aliphatic carbocycles. The smallest absolute Gasteiger partial charge is 0.225 e. The first-order valence-electron chi connectivity index (χ1n) is 5.92. The number of nitrogens with one attached hydrogen (secondary N) is 1. The molecule has 0 saturated carbocycles. The Morgan fingerprint density at radius 3 is 3.11 bits per heavy atom. The minimum Gasteiger partial charge on any atom is -0.504 e. The van der Waals surface area contributed by atoms with Gasteiger partial charge in [0, 0.05) is 13.2 Å². The minimum atomic E-state index is -0.0380. The van der Waals surface area contributed by atoms with Gasteiger partial charge in [-0.05, 0) is 24.1 Å². The molecule has 1 aliphatic rings. The third-order valence-electron chi connectivity index (χ3n) is 3.01. The molecule has 2 rings (SSSR count). The molecule has 1 aromatic carbocycles. The van der Waals surface area contributed by atoms with Crippen LogP contribution in [-0.4, -0.2) is 31.3 Å². The van der Waals surface area contributed by atoms with Gasteiger partial charge >= 0.3 is 0 Å². The Balaban J connectivity index is 1.91. The summed E-state index contributed by atoms with van der Waals surface area (Å²) in [7, 11) is 1.49. The van der Waals surface area contributed by atoms with Gasteiger partial charge in [-0.25, -0.2) is 0 Å². The number of benzene rings is 1. The average molecular weight is 251 g/mol. The number of phenolic OH excluding ortho intramolecular Hbond substituents is 1. The second-order valence-corrected chi connectivity index (χ2v) is 4.28. The molecule has 1 unspecified atom stereocenters. The lowest BCUT2D eigenvalue weighted by Gasteiger charge is -2.10. The molecule has 1 heterocycles. The Kier molecular flexibility index (Phi) is 4.04. The van der Waals surface area contributed by atoms with E-state index in [1.165, 1.54) is 7.11 Å². The summed E-state index contributed by atoms with van der Waals surface area (Å²) in [6.07, 6.45) is 0.782. The SMILES string of the molecule is COc1cc(CNC(=O)C2CCOC2)ccc1O. The van der Waals surface area contributed by atoms with E-state index in [4.69, 9.17) is 9.47 Å². The highest BCUT2D eigenvalue weighted by molar-refractivity contribution is 5.79. The van der Waals surface area contributed by atoms with E-state index >= 15 is 0 Å². The first kappa shape index (κ1) is 12.7. The summed E-state index contributed by atoms with van der Waals surface area (Å²) in [6, 6.07) is 5.02. The summed E-state index contributed by atoms with van der Waals surface area (Å²) in [5.74, 6) is 0.478. The van der Waals surface area contributed by atoms with E-state index < -0.39 is 0 Å². The van der Waals surface area contributed by atoms with E-state index in [1.54, 1.807) is 18.2 Å². The van der Waals surface area contributed by atoms with Gasteiger partial charge in [0.05, 0.1) is 19.6 Å². The monoisotopic (exact) mass is 251 g/mol. The van der Waals surface area contributed by atoms with Gasteiger partial charge in [-0.3, -0.25) is 4.79 Å². The van der Waals surface area contributed by atoms with Gasteiger partial charge in [0.2, 0.25) is 5.91 Å². The second-order valence-electron chi connectivity index (χ2n) is 4.28. The fourth-order valence-corrected chi connectivity index (χ4v) is 1.91. The molecule has 1 fully saturated rings. The van der Waals surface area contributed by atoms with Gasteiger partial charge in [-0.1, -0.05) is 6.07 Å². The van der Waals surface area contributed by atoms with Crippen LogP contribution in [0.4, 0.5) is 0 Å². The number of carbonyl (C=O) groups excluding carboxylic acids is 1. The van der Waals surface area contributed by atoms with Crippen molar-refractivity contribution in [3.63, 3.8) is 0 Å². The number of aromatic hydroxyl groups is 1.